The van der Waals surface area contributed by atoms with Crippen LogP contribution in [0.3, 0.4) is 0 Å². The van der Waals surface area contributed by atoms with E-state index in [-0.39, 0.29) is 0 Å². The van der Waals surface area contributed by atoms with E-state index >= 15 is 0 Å². The Morgan fingerprint density at radius 3 is 2.60 bits per heavy atom. The van der Waals surface area contributed by atoms with Gasteiger partial charge in [0.25, 0.3) is 10.2 Å². The number of unbranched alkanes of at least 4 members (excludes halogenated alkanes) is 1. The van der Waals surface area contributed by atoms with Crippen LogP contribution in [0.4, 0.5) is 0 Å². The molecule has 0 aliphatic carbocycles. The van der Waals surface area contributed by atoms with E-state index in [0.717, 1.165) is 19.3 Å². The minimum atomic E-state index is -3.26. The molecular weight excluding hydrogens is 212 g/mol. The van der Waals surface area contributed by atoms with Gasteiger partial charge in [0, 0.05) is 20.1 Å². The van der Waals surface area contributed by atoms with Crippen molar-refractivity contribution >= 4 is 10.2 Å². The Labute approximate surface area is 93.5 Å². The Morgan fingerprint density at radius 2 is 2.07 bits per heavy atom. The first-order valence-corrected chi connectivity index (χ1v) is 6.80. The number of hydrogen-bond acceptors (Lipinski definition) is 2. The summed E-state index contributed by atoms with van der Waals surface area (Å²) in [4.78, 5) is 0. The van der Waals surface area contributed by atoms with Crippen molar-refractivity contribution < 1.29 is 8.42 Å². The third kappa shape index (κ3) is 6.65. The van der Waals surface area contributed by atoms with Crippen LogP contribution in [-0.2, 0) is 10.2 Å². The number of nitrogens with one attached hydrogen (secondary N) is 1. The summed E-state index contributed by atoms with van der Waals surface area (Å²) < 4.78 is 27.1. The van der Waals surface area contributed by atoms with Gasteiger partial charge in [-0.3, -0.25) is 0 Å². The Morgan fingerprint density at radius 1 is 1.40 bits per heavy atom. The molecule has 5 heteroatoms. The monoisotopic (exact) mass is 234 g/mol. The van der Waals surface area contributed by atoms with Crippen molar-refractivity contribution in [3.8, 4) is 0 Å². The summed E-state index contributed by atoms with van der Waals surface area (Å²) in [6.07, 6.45) is 6.48. The van der Waals surface area contributed by atoms with E-state index in [2.05, 4.69) is 4.72 Å². The van der Waals surface area contributed by atoms with E-state index in [1.807, 2.05) is 26.0 Å². The lowest BCUT2D eigenvalue weighted by Crippen LogP contribution is -2.39. The van der Waals surface area contributed by atoms with Crippen molar-refractivity contribution in [3.05, 3.63) is 12.2 Å². The Kier molecular flexibility index (Phi) is 7.64. The molecule has 0 aromatic heterocycles. The van der Waals surface area contributed by atoms with E-state index in [0.29, 0.717) is 13.1 Å². The molecule has 0 bridgehead atoms. The zero-order valence-corrected chi connectivity index (χ0v) is 10.7. The van der Waals surface area contributed by atoms with Crippen molar-refractivity contribution in [1.82, 2.24) is 9.03 Å². The SMILES string of the molecule is C/C=C/CCNS(=O)(=O)N(C)CCCC. The van der Waals surface area contributed by atoms with Gasteiger partial charge < -0.3 is 0 Å². The van der Waals surface area contributed by atoms with Crippen molar-refractivity contribution in [1.29, 1.82) is 0 Å². The van der Waals surface area contributed by atoms with Crippen molar-refractivity contribution in [2.24, 2.45) is 0 Å². The molecule has 0 spiro atoms. The standard InChI is InChI=1S/C10H22N2O2S/c1-4-6-8-9-11-15(13,14)12(3)10-7-5-2/h4,6,11H,5,7-10H2,1-3H3/b6-4+. The highest BCUT2D eigenvalue weighted by molar-refractivity contribution is 7.87. The predicted molar refractivity (Wildman–Crippen MR) is 63.9 cm³/mol. The zero-order chi connectivity index (χ0) is 11.7. The lowest BCUT2D eigenvalue weighted by molar-refractivity contribution is 0.449. The van der Waals surface area contributed by atoms with Crippen LogP contribution in [0.1, 0.15) is 33.1 Å². The first-order chi connectivity index (χ1) is 7.04. The molecule has 0 aromatic carbocycles. The van der Waals surface area contributed by atoms with Gasteiger partial charge in [0.2, 0.25) is 0 Å². The molecule has 0 saturated heterocycles. The molecule has 1 N–H and O–H groups in total. The van der Waals surface area contributed by atoms with Crippen LogP contribution < -0.4 is 4.72 Å². The second-order valence-corrected chi connectivity index (χ2v) is 5.29. The molecular formula is C10H22N2O2S. The Bertz CT molecular complexity index is 273. The van der Waals surface area contributed by atoms with Crippen LogP contribution in [0, 0.1) is 0 Å². The fraction of sp³-hybridized carbons (Fsp3) is 0.800. The molecule has 0 radical (unpaired) electrons. The summed E-state index contributed by atoms with van der Waals surface area (Å²) in [5.41, 5.74) is 0. The number of rotatable bonds is 8. The van der Waals surface area contributed by atoms with E-state index in [4.69, 9.17) is 0 Å². The topological polar surface area (TPSA) is 49.4 Å². The Balaban J connectivity index is 3.94. The predicted octanol–water partition coefficient (Wildman–Crippen LogP) is 1.52. The van der Waals surface area contributed by atoms with Gasteiger partial charge in [-0.15, -0.1) is 0 Å². The highest BCUT2D eigenvalue weighted by atomic mass is 32.2. The van der Waals surface area contributed by atoms with Crippen LogP contribution >= 0.6 is 0 Å². The summed E-state index contributed by atoms with van der Waals surface area (Å²) in [5.74, 6) is 0. The van der Waals surface area contributed by atoms with Gasteiger partial charge >= 0.3 is 0 Å². The second-order valence-electron chi connectivity index (χ2n) is 3.43. The molecule has 0 rings (SSSR count). The van der Waals surface area contributed by atoms with Crippen LogP contribution in [0.2, 0.25) is 0 Å². The van der Waals surface area contributed by atoms with Gasteiger partial charge in [0.15, 0.2) is 0 Å². The van der Waals surface area contributed by atoms with Gasteiger partial charge in [-0.2, -0.15) is 12.7 Å². The lowest BCUT2D eigenvalue weighted by atomic mass is 10.3. The molecule has 0 atom stereocenters. The summed E-state index contributed by atoms with van der Waals surface area (Å²) in [6.45, 7) is 5.00. The minimum Gasteiger partial charge on any atom is -0.202 e. The van der Waals surface area contributed by atoms with Crippen molar-refractivity contribution in [2.75, 3.05) is 20.1 Å². The maximum absolute atomic E-state index is 11.6. The third-order valence-corrected chi connectivity index (χ3v) is 3.64. The van der Waals surface area contributed by atoms with Crippen LogP contribution in [0.25, 0.3) is 0 Å². The highest BCUT2D eigenvalue weighted by Gasteiger charge is 2.14. The fourth-order valence-corrected chi connectivity index (χ4v) is 2.01. The summed E-state index contributed by atoms with van der Waals surface area (Å²) >= 11 is 0. The molecule has 4 nitrogen and oxygen atoms in total. The fourth-order valence-electron chi connectivity index (χ4n) is 1.05. The lowest BCUT2D eigenvalue weighted by Gasteiger charge is -2.16. The average Bonchev–Trinajstić information content (AvgIpc) is 2.21. The van der Waals surface area contributed by atoms with Gasteiger partial charge in [0.05, 0.1) is 0 Å². The maximum Gasteiger partial charge on any atom is 0.279 e. The molecule has 0 saturated carbocycles. The van der Waals surface area contributed by atoms with E-state index in [1.54, 1.807) is 7.05 Å². The summed E-state index contributed by atoms with van der Waals surface area (Å²) in [6, 6.07) is 0. The van der Waals surface area contributed by atoms with Crippen LogP contribution in [-0.4, -0.2) is 32.9 Å². The maximum atomic E-state index is 11.6. The van der Waals surface area contributed by atoms with Gasteiger partial charge in [0.1, 0.15) is 0 Å². The van der Waals surface area contributed by atoms with Crippen molar-refractivity contribution in [2.45, 2.75) is 33.1 Å². The molecule has 15 heavy (non-hydrogen) atoms. The van der Waals surface area contributed by atoms with Crippen LogP contribution in [0.5, 0.6) is 0 Å². The second kappa shape index (κ2) is 7.84. The first-order valence-electron chi connectivity index (χ1n) is 5.36. The van der Waals surface area contributed by atoms with Gasteiger partial charge in [-0.25, -0.2) is 4.72 Å². The molecule has 0 aromatic rings. The van der Waals surface area contributed by atoms with Crippen LogP contribution in [0.15, 0.2) is 12.2 Å². The van der Waals surface area contributed by atoms with E-state index < -0.39 is 10.2 Å². The largest absolute Gasteiger partial charge is 0.279 e. The average molecular weight is 234 g/mol. The molecule has 0 aliphatic heterocycles. The third-order valence-electron chi connectivity index (χ3n) is 2.07. The number of nitrogens with zero attached hydrogens (tertiary/aromatic N) is 1. The number of hydrogen-bond donors (Lipinski definition) is 1. The smallest absolute Gasteiger partial charge is 0.202 e. The summed E-state index contributed by atoms with van der Waals surface area (Å²) in [5, 5.41) is 0. The molecule has 0 amide bonds. The summed E-state index contributed by atoms with van der Waals surface area (Å²) in [7, 11) is -1.66. The molecule has 0 fully saturated rings. The van der Waals surface area contributed by atoms with E-state index in [1.165, 1.54) is 4.31 Å². The minimum absolute atomic E-state index is 0.461. The van der Waals surface area contributed by atoms with Gasteiger partial charge in [-0.1, -0.05) is 25.5 Å². The highest BCUT2D eigenvalue weighted by Crippen LogP contribution is 1.97. The molecule has 0 aliphatic rings. The van der Waals surface area contributed by atoms with Gasteiger partial charge in [-0.05, 0) is 19.8 Å². The normalized spacial score (nSPS) is 12.8. The molecule has 0 unspecified atom stereocenters. The Hall–Kier alpha value is -0.390. The first kappa shape index (κ1) is 14.6. The molecule has 90 valence electrons. The van der Waals surface area contributed by atoms with Crippen molar-refractivity contribution in [3.63, 3.8) is 0 Å². The quantitative estimate of drug-likeness (QED) is 0.511. The zero-order valence-electron chi connectivity index (χ0n) is 9.86. The van der Waals surface area contributed by atoms with E-state index in [9.17, 15) is 8.42 Å². The number of allylic oxidation sites excluding steroid dienone is 1. The molecule has 0 heterocycles.